The smallest absolute Gasteiger partial charge is 0.307 e. The van der Waals surface area contributed by atoms with Crippen LogP contribution in [0.4, 0.5) is 0 Å². The highest BCUT2D eigenvalue weighted by Gasteiger charge is 2.22. The zero-order chi connectivity index (χ0) is 20.1. The Labute approximate surface area is 171 Å². The van der Waals surface area contributed by atoms with Crippen molar-refractivity contribution in [1.82, 2.24) is 9.88 Å². The van der Waals surface area contributed by atoms with Crippen molar-refractivity contribution in [3.05, 3.63) is 65.9 Å². The number of aliphatic carboxylic acids is 1. The third-order valence-electron chi connectivity index (χ3n) is 5.81. The molecule has 29 heavy (non-hydrogen) atoms. The highest BCUT2D eigenvalue weighted by atomic mass is 16.5. The zero-order valence-corrected chi connectivity index (χ0v) is 16.6. The summed E-state index contributed by atoms with van der Waals surface area (Å²) in [5.74, 6) is 0.632. The van der Waals surface area contributed by atoms with Crippen molar-refractivity contribution >= 4 is 16.9 Å². The predicted octanol–water partition coefficient (Wildman–Crippen LogP) is 4.44. The summed E-state index contributed by atoms with van der Waals surface area (Å²) in [6.45, 7) is 4.00. The summed E-state index contributed by atoms with van der Waals surface area (Å²) >= 11 is 0. The topological polar surface area (TPSA) is 65.6 Å². The molecule has 2 aromatic carbocycles. The minimum absolute atomic E-state index is 0.0504. The molecular formula is C24H28N2O3. The molecule has 0 bridgehead atoms. The monoisotopic (exact) mass is 392 g/mol. The molecule has 0 radical (unpaired) electrons. The van der Waals surface area contributed by atoms with Gasteiger partial charge in [0.15, 0.2) is 0 Å². The Kier molecular flexibility index (Phi) is 6.15. The quantitative estimate of drug-likeness (QED) is 0.556. The number of benzene rings is 2. The number of aromatic nitrogens is 1. The fourth-order valence-electron chi connectivity index (χ4n) is 4.26. The Morgan fingerprint density at radius 1 is 1.10 bits per heavy atom. The molecule has 5 heteroatoms. The van der Waals surface area contributed by atoms with Crippen LogP contribution < -0.4 is 4.74 Å². The number of hydrogen-bond donors (Lipinski definition) is 2. The van der Waals surface area contributed by atoms with Gasteiger partial charge in [-0.1, -0.05) is 30.3 Å². The number of carboxylic acids is 1. The molecule has 2 heterocycles. The molecule has 0 amide bonds. The summed E-state index contributed by atoms with van der Waals surface area (Å²) in [5.41, 5.74) is 3.50. The number of fused-ring (bicyclic) bond motifs is 1. The van der Waals surface area contributed by atoms with Crippen molar-refractivity contribution in [3.63, 3.8) is 0 Å². The molecule has 1 aliphatic rings. The molecule has 0 aliphatic carbocycles. The first-order chi connectivity index (χ1) is 14.2. The normalized spacial score (nSPS) is 15.6. The fourth-order valence-corrected chi connectivity index (χ4v) is 4.26. The lowest BCUT2D eigenvalue weighted by Gasteiger charge is -2.31. The molecule has 0 spiro atoms. The van der Waals surface area contributed by atoms with Gasteiger partial charge in [0.25, 0.3) is 0 Å². The van der Waals surface area contributed by atoms with Crippen molar-refractivity contribution in [1.29, 1.82) is 0 Å². The molecule has 1 aliphatic heterocycles. The van der Waals surface area contributed by atoms with Crippen LogP contribution in [0.1, 0.15) is 36.3 Å². The first-order valence-corrected chi connectivity index (χ1v) is 10.4. The molecule has 3 aromatic rings. The van der Waals surface area contributed by atoms with Gasteiger partial charge in [0, 0.05) is 23.6 Å². The van der Waals surface area contributed by atoms with Gasteiger partial charge in [-0.05, 0) is 67.6 Å². The maximum absolute atomic E-state index is 10.7. The van der Waals surface area contributed by atoms with Crippen LogP contribution in [0.25, 0.3) is 10.9 Å². The Hall–Kier alpha value is -2.79. The second-order valence-corrected chi connectivity index (χ2v) is 7.82. The average molecular weight is 392 g/mol. The first kappa shape index (κ1) is 19.5. The highest BCUT2D eigenvalue weighted by Crippen LogP contribution is 2.33. The summed E-state index contributed by atoms with van der Waals surface area (Å²) in [4.78, 5) is 16.7. The van der Waals surface area contributed by atoms with Gasteiger partial charge in [0.1, 0.15) is 5.75 Å². The van der Waals surface area contributed by atoms with Gasteiger partial charge in [-0.2, -0.15) is 0 Å². The van der Waals surface area contributed by atoms with Crippen molar-refractivity contribution in [3.8, 4) is 5.75 Å². The van der Waals surface area contributed by atoms with Gasteiger partial charge in [-0.3, -0.25) is 4.79 Å². The number of para-hydroxylation sites is 1. The minimum atomic E-state index is -0.813. The van der Waals surface area contributed by atoms with Crippen LogP contribution in [0.15, 0.2) is 54.7 Å². The minimum Gasteiger partial charge on any atom is -0.494 e. The third kappa shape index (κ3) is 4.98. The van der Waals surface area contributed by atoms with Crippen LogP contribution in [-0.4, -0.2) is 47.2 Å². The van der Waals surface area contributed by atoms with Gasteiger partial charge in [0.05, 0.1) is 13.0 Å². The van der Waals surface area contributed by atoms with Crippen LogP contribution in [-0.2, 0) is 11.2 Å². The Balaban J connectivity index is 1.18. The number of hydrogen-bond acceptors (Lipinski definition) is 3. The Bertz CT molecular complexity index is 940. The van der Waals surface area contributed by atoms with E-state index in [4.69, 9.17) is 9.84 Å². The summed E-state index contributed by atoms with van der Waals surface area (Å²) in [7, 11) is 0. The fraction of sp³-hybridized carbons (Fsp3) is 0.375. The highest BCUT2D eigenvalue weighted by molar-refractivity contribution is 5.83. The van der Waals surface area contributed by atoms with Crippen molar-refractivity contribution in [2.24, 2.45) is 0 Å². The van der Waals surface area contributed by atoms with Gasteiger partial charge in [-0.25, -0.2) is 0 Å². The van der Waals surface area contributed by atoms with E-state index in [9.17, 15) is 4.79 Å². The predicted molar refractivity (Wildman–Crippen MR) is 115 cm³/mol. The number of rotatable bonds is 8. The molecule has 1 saturated heterocycles. The molecular weight excluding hydrogens is 364 g/mol. The van der Waals surface area contributed by atoms with E-state index in [-0.39, 0.29) is 6.42 Å². The zero-order valence-electron chi connectivity index (χ0n) is 16.6. The van der Waals surface area contributed by atoms with Gasteiger partial charge in [-0.15, -0.1) is 0 Å². The molecule has 1 aromatic heterocycles. The van der Waals surface area contributed by atoms with E-state index in [0.29, 0.717) is 12.5 Å². The number of aromatic amines is 1. The number of likely N-dealkylation sites (tertiary alicyclic amines) is 1. The number of piperidine rings is 1. The van der Waals surface area contributed by atoms with Crippen molar-refractivity contribution in [2.75, 3.05) is 26.2 Å². The molecule has 4 rings (SSSR count). The maximum atomic E-state index is 10.7. The largest absolute Gasteiger partial charge is 0.494 e. The Morgan fingerprint density at radius 3 is 2.62 bits per heavy atom. The third-order valence-corrected chi connectivity index (χ3v) is 5.81. The molecule has 1 fully saturated rings. The summed E-state index contributed by atoms with van der Waals surface area (Å²) in [6.07, 6.45) is 5.64. The number of ether oxygens (including phenoxy) is 1. The molecule has 0 saturated carbocycles. The number of carbonyl (C=O) groups is 1. The number of carboxylic acid groups (broad SMARTS) is 1. The lowest BCUT2D eigenvalue weighted by atomic mass is 9.89. The van der Waals surface area contributed by atoms with E-state index in [1.165, 1.54) is 29.3 Å². The van der Waals surface area contributed by atoms with Crippen LogP contribution in [0.5, 0.6) is 5.75 Å². The van der Waals surface area contributed by atoms with Crippen LogP contribution in [0, 0.1) is 0 Å². The average Bonchev–Trinajstić information content (AvgIpc) is 3.17. The lowest BCUT2D eigenvalue weighted by molar-refractivity contribution is -0.136. The van der Waals surface area contributed by atoms with E-state index in [1.54, 1.807) is 0 Å². The van der Waals surface area contributed by atoms with Crippen LogP contribution in [0.2, 0.25) is 0 Å². The molecule has 0 atom stereocenters. The maximum Gasteiger partial charge on any atom is 0.307 e. The van der Waals surface area contributed by atoms with Gasteiger partial charge >= 0.3 is 5.97 Å². The van der Waals surface area contributed by atoms with E-state index >= 15 is 0 Å². The van der Waals surface area contributed by atoms with E-state index in [0.717, 1.165) is 37.4 Å². The molecule has 2 N–H and O–H groups in total. The number of nitrogens with zero attached hydrogens (tertiary/aromatic N) is 1. The molecule has 0 unspecified atom stereocenters. The SMILES string of the molecule is O=C(O)Cc1ccc(OCCCN2CCC(c3c[nH]c4ccccc34)CC2)cc1. The van der Waals surface area contributed by atoms with Crippen molar-refractivity contribution in [2.45, 2.75) is 31.6 Å². The van der Waals surface area contributed by atoms with Crippen molar-refractivity contribution < 1.29 is 14.6 Å². The first-order valence-electron chi connectivity index (χ1n) is 10.4. The van der Waals surface area contributed by atoms with Gasteiger partial charge < -0.3 is 19.7 Å². The van der Waals surface area contributed by atoms with Crippen LogP contribution >= 0.6 is 0 Å². The lowest BCUT2D eigenvalue weighted by Crippen LogP contribution is -2.34. The second kappa shape index (κ2) is 9.14. The van der Waals surface area contributed by atoms with E-state index in [1.807, 2.05) is 24.3 Å². The summed E-state index contributed by atoms with van der Waals surface area (Å²) < 4.78 is 5.81. The summed E-state index contributed by atoms with van der Waals surface area (Å²) in [5, 5.41) is 10.2. The molecule has 152 valence electrons. The Morgan fingerprint density at radius 2 is 1.86 bits per heavy atom. The molecule has 5 nitrogen and oxygen atoms in total. The van der Waals surface area contributed by atoms with Gasteiger partial charge in [0.2, 0.25) is 0 Å². The van der Waals surface area contributed by atoms with E-state index in [2.05, 4.69) is 40.3 Å². The van der Waals surface area contributed by atoms with E-state index < -0.39 is 5.97 Å². The summed E-state index contributed by atoms with van der Waals surface area (Å²) in [6, 6.07) is 15.9. The van der Waals surface area contributed by atoms with Crippen LogP contribution in [0.3, 0.4) is 0 Å². The second-order valence-electron chi connectivity index (χ2n) is 7.82. The standard InChI is InChI=1S/C24H28N2O3/c27-24(28)16-18-6-8-20(9-7-18)29-15-3-12-26-13-10-19(11-14-26)22-17-25-23-5-2-1-4-21(22)23/h1-2,4-9,17,19,25H,3,10-16H2,(H,27,28). The number of nitrogens with one attached hydrogen (secondary N) is 1. The number of H-pyrrole nitrogens is 1.